The van der Waals surface area contributed by atoms with Gasteiger partial charge in [0.1, 0.15) is 5.82 Å². The molecule has 1 aromatic heterocycles. The van der Waals surface area contributed by atoms with Crippen LogP contribution in [0.1, 0.15) is 21.5 Å². The van der Waals surface area contributed by atoms with E-state index in [2.05, 4.69) is 15.6 Å². The highest BCUT2D eigenvalue weighted by Crippen LogP contribution is 2.15. The number of aryl methyl sites for hydroxylation is 1. The number of benzene rings is 2. The summed E-state index contributed by atoms with van der Waals surface area (Å²) in [4.78, 5) is 16.5. The molecule has 2 aromatic carbocycles. The molecule has 0 atom stereocenters. The fourth-order valence-electron chi connectivity index (χ4n) is 2.35. The standard InChI is InChI=1S/C20H19N3O/c1-15-6-5-9-18(12-15)23-19-11-10-17(14-21-19)20(24)22-13-16-7-3-2-4-8-16/h2-12,14H,13H2,1H3,(H,21,23)(H,22,24). The molecule has 0 radical (unpaired) electrons. The van der Waals surface area contributed by atoms with Gasteiger partial charge in [-0.15, -0.1) is 0 Å². The van der Waals surface area contributed by atoms with Gasteiger partial charge >= 0.3 is 0 Å². The molecule has 0 spiro atoms. The van der Waals surface area contributed by atoms with Gasteiger partial charge in [0.2, 0.25) is 0 Å². The summed E-state index contributed by atoms with van der Waals surface area (Å²) in [5.74, 6) is 0.577. The summed E-state index contributed by atoms with van der Waals surface area (Å²) in [6.45, 7) is 2.54. The van der Waals surface area contributed by atoms with Crippen molar-refractivity contribution in [2.24, 2.45) is 0 Å². The maximum atomic E-state index is 12.2. The van der Waals surface area contributed by atoms with Crippen LogP contribution in [0.15, 0.2) is 72.9 Å². The number of hydrogen-bond donors (Lipinski definition) is 2. The maximum Gasteiger partial charge on any atom is 0.253 e. The van der Waals surface area contributed by atoms with Crippen LogP contribution in [0.2, 0.25) is 0 Å². The zero-order chi connectivity index (χ0) is 16.8. The van der Waals surface area contributed by atoms with Crippen LogP contribution in [0, 0.1) is 6.92 Å². The van der Waals surface area contributed by atoms with Gasteiger partial charge in [-0.25, -0.2) is 4.98 Å². The molecule has 4 heteroatoms. The normalized spacial score (nSPS) is 10.2. The Morgan fingerprint density at radius 1 is 1.00 bits per heavy atom. The molecule has 0 unspecified atom stereocenters. The van der Waals surface area contributed by atoms with E-state index in [-0.39, 0.29) is 5.91 Å². The highest BCUT2D eigenvalue weighted by molar-refractivity contribution is 5.94. The zero-order valence-electron chi connectivity index (χ0n) is 13.5. The van der Waals surface area contributed by atoms with E-state index in [1.54, 1.807) is 18.3 Å². The van der Waals surface area contributed by atoms with Crippen molar-refractivity contribution in [3.63, 3.8) is 0 Å². The van der Waals surface area contributed by atoms with Crippen molar-refractivity contribution in [2.75, 3.05) is 5.32 Å². The van der Waals surface area contributed by atoms with Crippen LogP contribution in [-0.4, -0.2) is 10.9 Å². The Kier molecular flexibility index (Phi) is 4.87. The lowest BCUT2D eigenvalue weighted by Gasteiger charge is -2.08. The monoisotopic (exact) mass is 317 g/mol. The first-order chi connectivity index (χ1) is 11.7. The molecule has 0 saturated carbocycles. The zero-order valence-corrected chi connectivity index (χ0v) is 13.5. The highest BCUT2D eigenvalue weighted by atomic mass is 16.1. The van der Waals surface area contributed by atoms with Crippen LogP contribution in [0.25, 0.3) is 0 Å². The molecule has 0 aliphatic carbocycles. The fourth-order valence-corrected chi connectivity index (χ4v) is 2.35. The van der Waals surface area contributed by atoms with E-state index >= 15 is 0 Å². The lowest BCUT2D eigenvalue weighted by Crippen LogP contribution is -2.22. The van der Waals surface area contributed by atoms with E-state index in [0.29, 0.717) is 17.9 Å². The minimum Gasteiger partial charge on any atom is -0.348 e. The summed E-state index contributed by atoms with van der Waals surface area (Å²) in [6.07, 6.45) is 1.58. The topological polar surface area (TPSA) is 54.0 Å². The number of nitrogens with one attached hydrogen (secondary N) is 2. The lowest BCUT2D eigenvalue weighted by atomic mass is 10.2. The first-order valence-corrected chi connectivity index (χ1v) is 7.82. The van der Waals surface area contributed by atoms with Crippen molar-refractivity contribution in [3.05, 3.63) is 89.6 Å². The predicted octanol–water partition coefficient (Wildman–Crippen LogP) is 4.06. The highest BCUT2D eigenvalue weighted by Gasteiger charge is 2.06. The fraction of sp³-hybridized carbons (Fsp3) is 0.100. The number of carbonyl (C=O) groups is 1. The minimum absolute atomic E-state index is 0.131. The lowest BCUT2D eigenvalue weighted by molar-refractivity contribution is 0.0950. The van der Waals surface area contributed by atoms with Gasteiger partial charge < -0.3 is 10.6 Å². The molecule has 1 amide bonds. The molecule has 24 heavy (non-hydrogen) atoms. The minimum atomic E-state index is -0.131. The molecule has 4 nitrogen and oxygen atoms in total. The number of anilines is 2. The Hall–Kier alpha value is -3.14. The number of pyridine rings is 1. The van der Waals surface area contributed by atoms with Crippen LogP contribution in [0.3, 0.4) is 0 Å². The van der Waals surface area contributed by atoms with Crippen LogP contribution in [-0.2, 0) is 6.54 Å². The molecule has 1 heterocycles. The smallest absolute Gasteiger partial charge is 0.253 e. The number of nitrogens with zero attached hydrogens (tertiary/aromatic N) is 1. The Labute approximate surface area is 141 Å². The van der Waals surface area contributed by atoms with E-state index in [0.717, 1.165) is 11.3 Å². The van der Waals surface area contributed by atoms with Crippen LogP contribution in [0.4, 0.5) is 11.5 Å². The number of rotatable bonds is 5. The number of aromatic nitrogens is 1. The van der Waals surface area contributed by atoms with Gasteiger partial charge in [0.05, 0.1) is 5.56 Å². The summed E-state index contributed by atoms with van der Waals surface area (Å²) < 4.78 is 0. The predicted molar refractivity (Wildman–Crippen MR) is 96.3 cm³/mol. The summed E-state index contributed by atoms with van der Waals surface area (Å²) in [5, 5.41) is 6.12. The van der Waals surface area contributed by atoms with Gasteiger partial charge in [-0.1, -0.05) is 42.5 Å². The van der Waals surface area contributed by atoms with Crippen molar-refractivity contribution in [2.45, 2.75) is 13.5 Å². The second-order valence-electron chi connectivity index (χ2n) is 5.59. The van der Waals surface area contributed by atoms with Gasteiger partial charge in [0, 0.05) is 18.4 Å². The van der Waals surface area contributed by atoms with E-state index in [1.165, 1.54) is 5.56 Å². The molecule has 2 N–H and O–H groups in total. The second kappa shape index (κ2) is 7.42. The summed E-state index contributed by atoms with van der Waals surface area (Å²) in [6, 6.07) is 21.4. The molecular weight excluding hydrogens is 298 g/mol. The first kappa shape index (κ1) is 15.7. The third-order valence-electron chi connectivity index (χ3n) is 3.61. The van der Waals surface area contributed by atoms with Crippen molar-refractivity contribution in [1.82, 2.24) is 10.3 Å². The third kappa shape index (κ3) is 4.20. The molecule has 0 aliphatic rings. The van der Waals surface area contributed by atoms with E-state index in [9.17, 15) is 4.79 Å². The molecule has 0 saturated heterocycles. The Morgan fingerprint density at radius 2 is 1.83 bits per heavy atom. The van der Waals surface area contributed by atoms with E-state index < -0.39 is 0 Å². The van der Waals surface area contributed by atoms with Gasteiger partial charge in [0.15, 0.2) is 0 Å². The van der Waals surface area contributed by atoms with Crippen molar-refractivity contribution in [3.8, 4) is 0 Å². The third-order valence-corrected chi connectivity index (χ3v) is 3.61. The quantitative estimate of drug-likeness (QED) is 0.746. The van der Waals surface area contributed by atoms with Crippen molar-refractivity contribution >= 4 is 17.4 Å². The summed E-state index contributed by atoms with van der Waals surface area (Å²) in [5.41, 5.74) is 3.76. The Balaban J connectivity index is 1.60. The van der Waals surface area contributed by atoms with Gasteiger partial charge in [-0.2, -0.15) is 0 Å². The Bertz CT molecular complexity index is 814. The van der Waals surface area contributed by atoms with E-state index in [4.69, 9.17) is 0 Å². The average molecular weight is 317 g/mol. The molecule has 120 valence electrons. The van der Waals surface area contributed by atoms with Crippen LogP contribution < -0.4 is 10.6 Å². The molecule has 3 aromatic rings. The van der Waals surface area contributed by atoms with E-state index in [1.807, 2.05) is 61.5 Å². The van der Waals surface area contributed by atoms with Crippen LogP contribution >= 0.6 is 0 Å². The molecule has 0 aliphatic heterocycles. The average Bonchev–Trinajstić information content (AvgIpc) is 2.61. The van der Waals surface area contributed by atoms with Crippen LogP contribution in [0.5, 0.6) is 0 Å². The molecule has 0 bridgehead atoms. The number of amides is 1. The maximum absolute atomic E-state index is 12.2. The second-order valence-corrected chi connectivity index (χ2v) is 5.59. The molecular formula is C20H19N3O. The Morgan fingerprint density at radius 3 is 2.54 bits per heavy atom. The summed E-state index contributed by atoms with van der Waals surface area (Å²) in [7, 11) is 0. The van der Waals surface area contributed by atoms with Gasteiger partial charge in [-0.3, -0.25) is 4.79 Å². The largest absolute Gasteiger partial charge is 0.348 e. The molecule has 3 rings (SSSR count). The number of carbonyl (C=O) groups excluding carboxylic acids is 1. The first-order valence-electron chi connectivity index (χ1n) is 7.82. The SMILES string of the molecule is Cc1cccc(Nc2ccc(C(=O)NCc3ccccc3)cn2)c1. The van der Waals surface area contributed by atoms with Crippen molar-refractivity contribution in [1.29, 1.82) is 0 Å². The van der Waals surface area contributed by atoms with Gasteiger partial charge in [-0.05, 0) is 42.3 Å². The summed E-state index contributed by atoms with van der Waals surface area (Å²) >= 11 is 0. The molecule has 0 fully saturated rings. The van der Waals surface area contributed by atoms with Gasteiger partial charge in [0.25, 0.3) is 5.91 Å². The van der Waals surface area contributed by atoms with Crippen molar-refractivity contribution < 1.29 is 4.79 Å². The number of hydrogen-bond acceptors (Lipinski definition) is 3.